The fraction of sp³-hybridized carbons (Fsp3) is 0.238. The van der Waals surface area contributed by atoms with Gasteiger partial charge in [-0.2, -0.15) is 0 Å². The van der Waals surface area contributed by atoms with Gasteiger partial charge in [-0.3, -0.25) is 4.79 Å². The second kappa shape index (κ2) is 9.50. The van der Waals surface area contributed by atoms with Gasteiger partial charge in [0.1, 0.15) is 11.5 Å². The van der Waals surface area contributed by atoms with Crippen molar-refractivity contribution >= 4 is 5.91 Å². The number of benzene rings is 2. The van der Waals surface area contributed by atoms with Crippen molar-refractivity contribution in [2.75, 3.05) is 27.9 Å². The molecule has 0 aliphatic carbocycles. The molecule has 3 rings (SSSR count). The number of amides is 1. The van der Waals surface area contributed by atoms with E-state index in [1.807, 2.05) is 29.0 Å². The molecule has 1 N–H and O–H groups in total. The Hall–Kier alpha value is -3.68. The molecule has 0 atom stereocenters. The Morgan fingerprint density at radius 1 is 1.00 bits per heavy atom. The maximum Gasteiger partial charge on any atom is 0.258 e. The minimum atomic E-state index is -0.262. The first kappa shape index (κ1) is 20.1. The van der Waals surface area contributed by atoms with Gasteiger partial charge in [0, 0.05) is 30.6 Å². The van der Waals surface area contributed by atoms with E-state index >= 15 is 0 Å². The molecule has 1 heterocycles. The number of rotatable bonds is 9. The van der Waals surface area contributed by atoms with Gasteiger partial charge < -0.3 is 28.8 Å². The SMILES string of the molecule is COc1cc(OC)c(OC)cc1CNC(=O)COc1ccccc1-n1ccnc1. The van der Waals surface area contributed by atoms with E-state index in [1.54, 1.807) is 52.1 Å². The van der Waals surface area contributed by atoms with E-state index in [-0.39, 0.29) is 19.1 Å². The van der Waals surface area contributed by atoms with E-state index in [9.17, 15) is 4.79 Å². The number of aromatic nitrogens is 2. The summed E-state index contributed by atoms with van der Waals surface area (Å²) >= 11 is 0. The summed E-state index contributed by atoms with van der Waals surface area (Å²) in [7, 11) is 4.67. The highest BCUT2D eigenvalue weighted by Crippen LogP contribution is 2.34. The molecule has 0 fully saturated rings. The number of para-hydroxylation sites is 2. The number of ether oxygens (including phenoxy) is 4. The molecule has 0 unspecified atom stereocenters. The summed E-state index contributed by atoms with van der Waals surface area (Å²) in [6.45, 7) is 0.135. The molecule has 1 amide bonds. The van der Waals surface area contributed by atoms with Gasteiger partial charge in [-0.15, -0.1) is 0 Å². The molecule has 0 radical (unpaired) electrons. The zero-order valence-electron chi connectivity index (χ0n) is 16.5. The summed E-state index contributed by atoms with van der Waals surface area (Å²) in [6, 6.07) is 10.9. The van der Waals surface area contributed by atoms with Crippen molar-refractivity contribution < 1.29 is 23.7 Å². The summed E-state index contributed by atoms with van der Waals surface area (Å²) in [6.07, 6.45) is 5.16. The van der Waals surface area contributed by atoms with E-state index in [2.05, 4.69) is 10.3 Å². The minimum absolute atomic E-state index is 0.124. The highest BCUT2D eigenvalue weighted by atomic mass is 16.5. The van der Waals surface area contributed by atoms with Gasteiger partial charge in [-0.25, -0.2) is 4.98 Å². The number of nitrogens with zero attached hydrogens (tertiary/aromatic N) is 2. The molecule has 0 saturated heterocycles. The van der Waals surface area contributed by atoms with Gasteiger partial charge in [0.15, 0.2) is 18.1 Å². The summed E-state index contributed by atoms with van der Waals surface area (Å²) < 4.78 is 23.5. The standard InChI is InChI=1S/C21H23N3O5/c1-26-18-11-20(28-3)19(27-2)10-15(18)12-23-21(25)13-29-17-7-5-4-6-16(17)24-9-8-22-14-24/h4-11,14H,12-13H2,1-3H3,(H,23,25). The van der Waals surface area contributed by atoms with Crippen LogP contribution in [0, 0.1) is 0 Å². The van der Waals surface area contributed by atoms with Gasteiger partial charge in [0.2, 0.25) is 0 Å². The van der Waals surface area contributed by atoms with Crippen molar-refractivity contribution in [1.82, 2.24) is 14.9 Å². The van der Waals surface area contributed by atoms with E-state index in [1.165, 1.54) is 0 Å². The molecule has 0 aliphatic rings. The smallest absolute Gasteiger partial charge is 0.258 e. The second-order valence-corrected chi connectivity index (χ2v) is 6.02. The first-order chi connectivity index (χ1) is 14.2. The molecule has 3 aromatic rings. The van der Waals surface area contributed by atoms with E-state index in [0.717, 1.165) is 11.3 Å². The average molecular weight is 397 g/mol. The van der Waals surface area contributed by atoms with Crippen LogP contribution in [0.3, 0.4) is 0 Å². The number of hydrogen-bond acceptors (Lipinski definition) is 6. The molecule has 0 spiro atoms. The first-order valence-electron chi connectivity index (χ1n) is 8.92. The van der Waals surface area contributed by atoms with E-state index in [0.29, 0.717) is 23.0 Å². The fourth-order valence-electron chi connectivity index (χ4n) is 2.81. The zero-order chi connectivity index (χ0) is 20.6. The van der Waals surface area contributed by atoms with Crippen LogP contribution in [0.5, 0.6) is 23.0 Å². The number of methoxy groups -OCH3 is 3. The number of hydrogen-bond donors (Lipinski definition) is 1. The number of nitrogens with one attached hydrogen (secondary N) is 1. The third kappa shape index (κ3) is 4.78. The molecule has 29 heavy (non-hydrogen) atoms. The van der Waals surface area contributed by atoms with Crippen LogP contribution in [0.4, 0.5) is 0 Å². The molecular weight excluding hydrogens is 374 g/mol. The summed E-state index contributed by atoms with van der Waals surface area (Å²) in [5.74, 6) is 2.03. The largest absolute Gasteiger partial charge is 0.496 e. The Morgan fingerprint density at radius 2 is 1.72 bits per heavy atom. The van der Waals surface area contributed by atoms with E-state index < -0.39 is 0 Å². The van der Waals surface area contributed by atoms with Crippen LogP contribution in [0.2, 0.25) is 0 Å². The quantitative estimate of drug-likeness (QED) is 0.598. The minimum Gasteiger partial charge on any atom is -0.496 e. The lowest BCUT2D eigenvalue weighted by molar-refractivity contribution is -0.123. The van der Waals surface area contributed by atoms with Crippen LogP contribution in [0.1, 0.15) is 5.56 Å². The summed E-state index contributed by atoms with van der Waals surface area (Å²) in [4.78, 5) is 16.4. The third-order valence-electron chi connectivity index (χ3n) is 4.27. The monoisotopic (exact) mass is 397 g/mol. The molecule has 1 aromatic heterocycles. The zero-order valence-corrected chi connectivity index (χ0v) is 16.5. The van der Waals surface area contributed by atoms with E-state index in [4.69, 9.17) is 18.9 Å². The maximum absolute atomic E-state index is 12.3. The lowest BCUT2D eigenvalue weighted by Crippen LogP contribution is -2.28. The van der Waals surface area contributed by atoms with Crippen molar-refractivity contribution in [2.24, 2.45) is 0 Å². The van der Waals surface area contributed by atoms with Crippen LogP contribution in [-0.4, -0.2) is 43.4 Å². The van der Waals surface area contributed by atoms with Gasteiger partial charge in [0.25, 0.3) is 5.91 Å². The molecule has 0 aliphatic heterocycles. The molecule has 0 saturated carbocycles. The van der Waals surface area contributed by atoms with Gasteiger partial charge >= 0.3 is 0 Å². The predicted octanol–water partition coefficient (Wildman–Crippen LogP) is 2.59. The third-order valence-corrected chi connectivity index (χ3v) is 4.27. The molecule has 8 heteroatoms. The fourth-order valence-corrected chi connectivity index (χ4v) is 2.81. The molecule has 2 aromatic carbocycles. The molecule has 0 bridgehead atoms. The predicted molar refractivity (Wildman–Crippen MR) is 107 cm³/mol. The van der Waals surface area contributed by atoms with Crippen molar-refractivity contribution in [3.63, 3.8) is 0 Å². The lowest BCUT2D eigenvalue weighted by Gasteiger charge is -2.15. The Morgan fingerprint density at radius 3 is 2.41 bits per heavy atom. The number of carbonyl (C=O) groups excluding carboxylic acids is 1. The molecule has 8 nitrogen and oxygen atoms in total. The van der Waals surface area contributed by atoms with Crippen molar-refractivity contribution in [3.05, 3.63) is 60.7 Å². The lowest BCUT2D eigenvalue weighted by atomic mass is 10.1. The number of imidazole rings is 1. The Bertz CT molecular complexity index is 957. The van der Waals surface area contributed by atoms with Crippen LogP contribution >= 0.6 is 0 Å². The molecule has 152 valence electrons. The Kier molecular flexibility index (Phi) is 6.57. The van der Waals surface area contributed by atoms with Crippen LogP contribution in [-0.2, 0) is 11.3 Å². The highest BCUT2D eigenvalue weighted by molar-refractivity contribution is 5.77. The van der Waals surface area contributed by atoms with Gasteiger partial charge in [-0.05, 0) is 18.2 Å². The van der Waals surface area contributed by atoms with Crippen molar-refractivity contribution in [2.45, 2.75) is 6.54 Å². The Balaban J connectivity index is 1.63. The van der Waals surface area contributed by atoms with Crippen LogP contribution in [0.15, 0.2) is 55.1 Å². The maximum atomic E-state index is 12.3. The number of carbonyl (C=O) groups is 1. The normalized spacial score (nSPS) is 10.3. The Labute approximate surface area is 169 Å². The average Bonchev–Trinajstić information content (AvgIpc) is 3.30. The second-order valence-electron chi connectivity index (χ2n) is 6.02. The van der Waals surface area contributed by atoms with Crippen LogP contribution in [0.25, 0.3) is 5.69 Å². The van der Waals surface area contributed by atoms with Crippen LogP contribution < -0.4 is 24.3 Å². The topological polar surface area (TPSA) is 83.8 Å². The summed E-state index contributed by atoms with van der Waals surface area (Å²) in [5, 5.41) is 2.83. The first-order valence-corrected chi connectivity index (χ1v) is 8.92. The van der Waals surface area contributed by atoms with Gasteiger partial charge in [0.05, 0.1) is 33.3 Å². The van der Waals surface area contributed by atoms with Crippen molar-refractivity contribution in [3.8, 4) is 28.7 Å². The molecular formula is C21H23N3O5. The van der Waals surface area contributed by atoms with Crippen molar-refractivity contribution in [1.29, 1.82) is 0 Å². The van der Waals surface area contributed by atoms with Gasteiger partial charge in [-0.1, -0.05) is 12.1 Å². The summed E-state index contributed by atoms with van der Waals surface area (Å²) in [5.41, 5.74) is 1.57. The highest BCUT2D eigenvalue weighted by Gasteiger charge is 2.13.